The maximum Gasteiger partial charge on any atom is 0.237 e. The van der Waals surface area contributed by atoms with Crippen molar-refractivity contribution in [2.75, 3.05) is 6.54 Å². The molecule has 2 atom stereocenters. The third-order valence-electron chi connectivity index (χ3n) is 2.22. The molecule has 1 saturated heterocycles. The Balaban J connectivity index is 2.08. The van der Waals surface area contributed by atoms with Gasteiger partial charge in [-0.25, -0.2) is 0 Å². The van der Waals surface area contributed by atoms with Gasteiger partial charge in [0, 0.05) is 6.54 Å². The van der Waals surface area contributed by atoms with Crippen molar-refractivity contribution in [3.8, 4) is 0 Å². The predicted molar refractivity (Wildman–Crippen MR) is 47.1 cm³/mol. The van der Waals surface area contributed by atoms with Crippen LogP contribution in [0.3, 0.4) is 0 Å². The summed E-state index contributed by atoms with van der Waals surface area (Å²) in [6, 6.07) is 3.55. The van der Waals surface area contributed by atoms with Crippen molar-refractivity contribution in [1.29, 1.82) is 0 Å². The lowest BCUT2D eigenvalue weighted by atomic mass is 10.1. The first-order valence-electron chi connectivity index (χ1n) is 4.34. The molecule has 1 aliphatic rings. The Kier molecular flexibility index (Phi) is 2.06. The van der Waals surface area contributed by atoms with Crippen LogP contribution in [0, 0.1) is 0 Å². The molecule has 0 saturated carbocycles. The zero-order valence-electron chi connectivity index (χ0n) is 7.41. The lowest BCUT2D eigenvalue weighted by Gasteiger charge is -2.26. The van der Waals surface area contributed by atoms with E-state index in [0.717, 1.165) is 12.3 Å². The first-order chi connectivity index (χ1) is 6.27. The molecular weight excluding hydrogens is 168 g/mol. The first kappa shape index (κ1) is 8.31. The van der Waals surface area contributed by atoms with Gasteiger partial charge >= 0.3 is 0 Å². The number of rotatable bonds is 1. The molecule has 0 bridgehead atoms. The highest BCUT2D eigenvalue weighted by Gasteiger charge is 2.26. The number of piperazine rings is 1. The van der Waals surface area contributed by atoms with Gasteiger partial charge < -0.3 is 15.1 Å². The van der Waals surface area contributed by atoms with E-state index in [9.17, 15) is 4.79 Å². The molecule has 2 rings (SSSR count). The SMILES string of the molecule is CC1NC[C@@H](c2ccco2)NC1=O. The minimum Gasteiger partial charge on any atom is -0.467 e. The van der Waals surface area contributed by atoms with Crippen LogP contribution < -0.4 is 10.6 Å². The van der Waals surface area contributed by atoms with E-state index in [1.165, 1.54) is 0 Å². The number of carbonyl (C=O) groups is 1. The van der Waals surface area contributed by atoms with Crippen LogP contribution >= 0.6 is 0 Å². The lowest BCUT2D eigenvalue weighted by molar-refractivity contribution is -0.125. The van der Waals surface area contributed by atoms with Crippen LogP contribution in [0.1, 0.15) is 18.7 Å². The van der Waals surface area contributed by atoms with Gasteiger partial charge in [0.25, 0.3) is 0 Å². The van der Waals surface area contributed by atoms with E-state index in [1.54, 1.807) is 6.26 Å². The molecule has 13 heavy (non-hydrogen) atoms. The molecule has 1 fully saturated rings. The van der Waals surface area contributed by atoms with Crippen molar-refractivity contribution in [2.45, 2.75) is 19.0 Å². The Morgan fingerprint density at radius 2 is 2.46 bits per heavy atom. The Morgan fingerprint density at radius 1 is 1.62 bits per heavy atom. The van der Waals surface area contributed by atoms with Crippen molar-refractivity contribution in [1.82, 2.24) is 10.6 Å². The van der Waals surface area contributed by atoms with Crippen molar-refractivity contribution < 1.29 is 9.21 Å². The summed E-state index contributed by atoms with van der Waals surface area (Å²) in [5.74, 6) is 0.820. The highest BCUT2D eigenvalue weighted by atomic mass is 16.3. The second-order valence-electron chi connectivity index (χ2n) is 3.21. The van der Waals surface area contributed by atoms with Gasteiger partial charge in [0.2, 0.25) is 5.91 Å². The molecule has 1 aromatic heterocycles. The molecule has 4 heteroatoms. The summed E-state index contributed by atoms with van der Waals surface area (Å²) in [6.45, 7) is 2.56. The van der Waals surface area contributed by atoms with Crippen LogP contribution in [0.5, 0.6) is 0 Å². The summed E-state index contributed by atoms with van der Waals surface area (Å²) in [5, 5.41) is 5.97. The van der Waals surface area contributed by atoms with Gasteiger partial charge in [-0.15, -0.1) is 0 Å². The van der Waals surface area contributed by atoms with Crippen LogP contribution in [0.15, 0.2) is 22.8 Å². The molecule has 2 N–H and O–H groups in total. The lowest BCUT2D eigenvalue weighted by Crippen LogP contribution is -2.52. The second-order valence-corrected chi connectivity index (χ2v) is 3.21. The van der Waals surface area contributed by atoms with E-state index in [4.69, 9.17) is 4.42 Å². The summed E-state index contributed by atoms with van der Waals surface area (Å²) < 4.78 is 5.20. The highest BCUT2D eigenvalue weighted by molar-refractivity contribution is 5.82. The van der Waals surface area contributed by atoms with Crippen LogP contribution in [-0.4, -0.2) is 18.5 Å². The summed E-state index contributed by atoms with van der Waals surface area (Å²) in [6.07, 6.45) is 1.61. The smallest absolute Gasteiger partial charge is 0.237 e. The minimum atomic E-state index is -0.105. The van der Waals surface area contributed by atoms with Gasteiger partial charge in [0.15, 0.2) is 0 Å². The summed E-state index contributed by atoms with van der Waals surface area (Å²) >= 11 is 0. The molecule has 1 aromatic rings. The molecule has 0 aromatic carbocycles. The topological polar surface area (TPSA) is 54.3 Å². The largest absolute Gasteiger partial charge is 0.467 e. The van der Waals surface area contributed by atoms with Crippen molar-refractivity contribution >= 4 is 5.91 Å². The average Bonchev–Trinajstić information content (AvgIpc) is 2.62. The fraction of sp³-hybridized carbons (Fsp3) is 0.444. The number of hydrogen-bond acceptors (Lipinski definition) is 3. The molecule has 1 amide bonds. The molecule has 1 aliphatic heterocycles. The van der Waals surface area contributed by atoms with Gasteiger partial charge in [-0.05, 0) is 19.1 Å². The Labute approximate surface area is 76.3 Å². The summed E-state index contributed by atoms with van der Waals surface area (Å²) in [4.78, 5) is 11.3. The van der Waals surface area contributed by atoms with Crippen LogP contribution in [-0.2, 0) is 4.79 Å². The number of carbonyl (C=O) groups excluding carboxylic acids is 1. The normalized spacial score (nSPS) is 28.5. The summed E-state index contributed by atoms with van der Waals surface area (Å²) in [5.41, 5.74) is 0. The van der Waals surface area contributed by atoms with E-state index in [0.29, 0.717) is 0 Å². The van der Waals surface area contributed by atoms with Crippen molar-refractivity contribution in [3.05, 3.63) is 24.2 Å². The summed E-state index contributed by atoms with van der Waals surface area (Å²) in [7, 11) is 0. The molecular formula is C9H12N2O2. The molecule has 1 unspecified atom stereocenters. The molecule has 4 nitrogen and oxygen atoms in total. The van der Waals surface area contributed by atoms with Gasteiger partial charge in [-0.1, -0.05) is 0 Å². The van der Waals surface area contributed by atoms with E-state index in [1.807, 2.05) is 19.1 Å². The quantitative estimate of drug-likeness (QED) is 0.659. The van der Waals surface area contributed by atoms with Crippen molar-refractivity contribution in [3.63, 3.8) is 0 Å². The zero-order chi connectivity index (χ0) is 9.26. The fourth-order valence-electron chi connectivity index (χ4n) is 1.40. The van der Waals surface area contributed by atoms with E-state index in [2.05, 4.69) is 10.6 Å². The number of amides is 1. The van der Waals surface area contributed by atoms with Gasteiger partial charge in [-0.3, -0.25) is 4.79 Å². The number of hydrogen-bond donors (Lipinski definition) is 2. The zero-order valence-corrected chi connectivity index (χ0v) is 7.41. The molecule has 0 spiro atoms. The third-order valence-corrected chi connectivity index (χ3v) is 2.22. The maximum atomic E-state index is 11.3. The van der Waals surface area contributed by atoms with E-state index in [-0.39, 0.29) is 18.0 Å². The fourth-order valence-corrected chi connectivity index (χ4v) is 1.40. The van der Waals surface area contributed by atoms with Gasteiger partial charge in [-0.2, -0.15) is 0 Å². The predicted octanol–water partition coefficient (Wildman–Crippen LogP) is 0.429. The second kappa shape index (κ2) is 3.22. The molecule has 70 valence electrons. The number of nitrogens with one attached hydrogen (secondary N) is 2. The highest BCUT2D eigenvalue weighted by Crippen LogP contribution is 2.15. The monoisotopic (exact) mass is 180 g/mol. The third kappa shape index (κ3) is 1.58. The Morgan fingerprint density at radius 3 is 3.08 bits per heavy atom. The van der Waals surface area contributed by atoms with Crippen molar-refractivity contribution in [2.24, 2.45) is 0 Å². The minimum absolute atomic E-state index is 0.0210. The average molecular weight is 180 g/mol. The van der Waals surface area contributed by atoms with Gasteiger partial charge in [0.1, 0.15) is 5.76 Å². The Hall–Kier alpha value is -1.29. The van der Waals surface area contributed by atoms with Crippen LogP contribution in [0.4, 0.5) is 0 Å². The maximum absolute atomic E-state index is 11.3. The van der Waals surface area contributed by atoms with E-state index < -0.39 is 0 Å². The standard InChI is InChI=1S/C9H12N2O2/c1-6-9(12)11-7(5-10-6)8-3-2-4-13-8/h2-4,6-7,10H,5H2,1H3,(H,11,12)/t6?,7-/m0/s1. The Bertz CT molecular complexity index is 295. The van der Waals surface area contributed by atoms with Crippen LogP contribution in [0.2, 0.25) is 0 Å². The molecule has 0 radical (unpaired) electrons. The molecule has 2 heterocycles. The first-order valence-corrected chi connectivity index (χ1v) is 4.34. The van der Waals surface area contributed by atoms with Crippen LogP contribution in [0.25, 0.3) is 0 Å². The van der Waals surface area contributed by atoms with Gasteiger partial charge in [0.05, 0.1) is 18.3 Å². The number of furan rings is 1. The van der Waals surface area contributed by atoms with E-state index >= 15 is 0 Å². The molecule has 0 aliphatic carbocycles.